The van der Waals surface area contributed by atoms with Gasteiger partial charge in [0.2, 0.25) is 0 Å². The van der Waals surface area contributed by atoms with Crippen LogP contribution >= 0.6 is 0 Å². The molecular formula is C14H23FN2. The number of hydrogen-bond donors (Lipinski definition) is 1. The molecule has 0 aromatic rings. The Kier molecular flexibility index (Phi) is 3.22. The highest BCUT2D eigenvalue weighted by Gasteiger charge is 2.38. The number of halogens is 1. The lowest BCUT2D eigenvalue weighted by molar-refractivity contribution is 0.160. The second-order valence-electron chi connectivity index (χ2n) is 5.96. The molecule has 0 amide bonds. The Bertz CT molecular complexity index is 301. The first-order valence-corrected chi connectivity index (χ1v) is 7.03. The quantitative estimate of drug-likeness (QED) is 0.741. The zero-order chi connectivity index (χ0) is 11.8. The van der Waals surface area contributed by atoms with E-state index in [-0.39, 0.29) is 0 Å². The zero-order valence-electron chi connectivity index (χ0n) is 10.6. The summed E-state index contributed by atoms with van der Waals surface area (Å²) in [6.07, 6.45) is 8.92. The summed E-state index contributed by atoms with van der Waals surface area (Å²) in [6.45, 7) is 1.14. The van der Waals surface area contributed by atoms with Gasteiger partial charge in [0.25, 0.3) is 0 Å². The first-order valence-electron chi connectivity index (χ1n) is 7.03. The van der Waals surface area contributed by atoms with Crippen molar-refractivity contribution in [3.63, 3.8) is 0 Å². The lowest BCUT2D eigenvalue weighted by Gasteiger charge is -2.37. The molecule has 1 N–H and O–H groups in total. The van der Waals surface area contributed by atoms with Crippen molar-refractivity contribution in [1.29, 1.82) is 0 Å². The van der Waals surface area contributed by atoms with E-state index < -0.39 is 6.17 Å². The van der Waals surface area contributed by atoms with Crippen molar-refractivity contribution in [2.75, 3.05) is 13.6 Å². The van der Waals surface area contributed by atoms with E-state index in [0.717, 1.165) is 12.6 Å². The number of nitrogens with zero attached hydrogens (tertiary/aromatic N) is 1. The molecule has 4 unspecified atom stereocenters. The number of likely N-dealkylation sites (tertiary alicyclic amines) is 1. The van der Waals surface area contributed by atoms with Crippen molar-refractivity contribution >= 4 is 0 Å². The maximum atomic E-state index is 13.6. The lowest BCUT2D eigenvalue weighted by Crippen LogP contribution is -2.47. The molecule has 2 fully saturated rings. The van der Waals surface area contributed by atoms with Crippen LogP contribution in [0.3, 0.4) is 0 Å². The molecule has 0 bridgehead atoms. The molecule has 1 aliphatic heterocycles. The van der Waals surface area contributed by atoms with Gasteiger partial charge >= 0.3 is 0 Å². The van der Waals surface area contributed by atoms with Crippen LogP contribution < -0.4 is 5.32 Å². The lowest BCUT2D eigenvalue weighted by atomic mass is 9.82. The molecule has 2 aliphatic carbocycles. The van der Waals surface area contributed by atoms with Crippen LogP contribution in [-0.2, 0) is 0 Å². The van der Waals surface area contributed by atoms with Gasteiger partial charge in [0.1, 0.15) is 6.17 Å². The molecule has 0 spiro atoms. The van der Waals surface area contributed by atoms with Crippen LogP contribution in [0.15, 0.2) is 12.2 Å². The van der Waals surface area contributed by atoms with Gasteiger partial charge in [-0.3, -0.25) is 4.90 Å². The molecule has 3 aliphatic rings. The summed E-state index contributed by atoms with van der Waals surface area (Å²) < 4.78 is 13.6. The Morgan fingerprint density at radius 2 is 2.06 bits per heavy atom. The van der Waals surface area contributed by atoms with Crippen molar-refractivity contribution in [1.82, 2.24) is 10.2 Å². The molecule has 0 aromatic heterocycles. The first kappa shape index (κ1) is 11.7. The number of hydrogen-bond acceptors (Lipinski definition) is 2. The van der Waals surface area contributed by atoms with E-state index in [2.05, 4.69) is 23.3 Å². The third-order valence-corrected chi connectivity index (χ3v) is 4.53. The smallest absolute Gasteiger partial charge is 0.119 e. The molecule has 1 saturated heterocycles. The average molecular weight is 238 g/mol. The van der Waals surface area contributed by atoms with Crippen LogP contribution in [0, 0.1) is 5.92 Å². The standard InChI is InChI=1S/C14H23FN2/c1-17-8-2-3-13(16-11-5-6-11)12-9-10(15)4-7-14(12)17/h4,7,10-14,16H,2-3,5-6,8-9H2,1H3. The highest BCUT2D eigenvalue weighted by atomic mass is 19.1. The summed E-state index contributed by atoms with van der Waals surface area (Å²) in [7, 11) is 2.18. The van der Waals surface area contributed by atoms with Crippen molar-refractivity contribution in [2.24, 2.45) is 5.92 Å². The van der Waals surface area contributed by atoms with Crippen molar-refractivity contribution in [3.05, 3.63) is 12.2 Å². The Labute approximate surface area is 103 Å². The van der Waals surface area contributed by atoms with Gasteiger partial charge in [-0.05, 0) is 51.6 Å². The number of nitrogens with one attached hydrogen (secondary N) is 1. The minimum Gasteiger partial charge on any atom is -0.311 e. The summed E-state index contributed by atoms with van der Waals surface area (Å²) in [6, 6.07) is 1.70. The summed E-state index contributed by atoms with van der Waals surface area (Å²) >= 11 is 0. The molecule has 96 valence electrons. The Balaban J connectivity index is 1.76. The van der Waals surface area contributed by atoms with Gasteiger partial charge in [0, 0.05) is 18.1 Å². The van der Waals surface area contributed by atoms with Gasteiger partial charge in [-0.25, -0.2) is 4.39 Å². The average Bonchev–Trinajstić information content (AvgIpc) is 3.11. The van der Waals surface area contributed by atoms with Crippen molar-refractivity contribution in [3.8, 4) is 0 Å². The van der Waals surface area contributed by atoms with Gasteiger partial charge in [-0.15, -0.1) is 0 Å². The predicted molar refractivity (Wildman–Crippen MR) is 67.7 cm³/mol. The number of allylic oxidation sites excluding steroid dienone is 1. The van der Waals surface area contributed by atoms with Gasteiger partial charge < -0.3 is 5.32 Å². The van der Waals surface area contributed by atoms with E-state index >= 15 is 0 Å². The van der Waals surface area contributed by atoms with Gasteiger partial charge in [-0.1, -0.05) is 12.2 Å². The Morgan fingerprint density at radius 3 is 2.82 bits per heavy atom. The van der Waals surface area contributed by atoms with Crippen LogP contribution in [0.5, 0.6) is 0 Å². The first-order chi connectivity index (χ1) is 8.24. The molecule has 1 saturated carbocycles. The van der Waals surface area contributed by atoms with Crippen molar-refractivity contribution in [2.45, 2.75) is 56.4 Å². The highest BCUT2D eigenvalue weighted by Crippen LogP contribution is 2.33. The number of likely N-dealkylation sites (N-methyl/N-ethyl adjacent to an activating group) is 1. The molecular weight excluding hydrogens is 215 g/mol. The normalized spacial score (nSPS) is 43.2. The molecule has 2 nitrogen and oxygen atoms in total. The minimum absolute atomic E-state index is 0.445. The van der Waals surface area contributed by atoms with E-state index in [4.69, 9.17) is 0 Å². The second kappa shape index (κ2) is 4.69. The van der Waals surface area contributed by atoms with E-state index in [1.165, 1.54) is 25.7 Å². The third-order valence-electron chi connectivity index (χ3n) is 4.53. The molecule has 1 heterocycles. The van der Waals surface area contributed by atoms with E-state index in [1.54, 1.807) is 6.08 Å². The second-order valence-corrected chi connectivity index (χ2v) is 5.96. The van der Waals surface area contributed by atoms with E-state index in [9.17, 15) is 4.39 Å². The van der Waals surface area contributed by atoms with Crippen molar-refractivity contribution < 1.29 is 4.39 Å². The number of fused-ring (bicyclic) bond motifs is 1. The van der Waals surface area contributed by atoms with E-state index in [1.807, 2.05) is 0 Å². The Morgan fingerprint density at radius 1 is 1.24 bits per heavy atom. The van der Waals surface area contributed by atoms with Crippen LogP contribution in [0.2, 0.25) is 0 Å². The molecule has 0 radical (unpaired) electrons. The molecule has 3 rings (SSSR count). The fraction of sp³-hybridized carbons (Fsp3) is 0.857. The number of alkyl halides is 1. The SMILES string of the molecule is CN1CCCC(NC2CC2)C2CC(F)C=CC21. The molecule has 17 heavy (non-hydrogen) atoms. The highest BCUT2D eigenvalue weighted by molar-refractivity contribution is 5.10. The summed E-state index contributed by atoms with van der Waals surface area (Å²) in [5.74, 6) is 0.461. The van der Waals surface area contributed by atoms with Gasteiger partial charge in [0.15, 0.2) is 0 Å². The molecule has 0 aromatic carbocycles. The fourth-order valence-electron chi connectivity index (χ4n) is 3.41. The number of rotatable bonds is 2. The maximum absolute atomic E-state index is 13.6. The monoisotopic (exact) mass is 238 g/mol. The van der Waals surface area contributed by atoms with Gasteiger partial charge in [-0.2, -0.15) is 0 Å². The summed E-state index contributed by atoms with van der Waals surface area (Å²) in [5, 5.41) is 3.75. The topological polar surface area (TPSA) is 15.3 Å². The summed E-state index contributed by atoms with van der Waals surface area (Å²) in [5.41, 5.74) is 0. The molecule has 3 heteroatoms. The maximum Gasteiger partial charge on any atom is 0.119 e. The van der Waals surface area contributed by atoms with Crippen LogP contribution in [0.4, 0.5) is 4.39 Å². The van der Waals surface area contributed by atoms with Gasteiger partial charge in [0.05, 0.1) is 0 Å². The Hall–Kier alpha value is -0.410. The minimum atomic E-state index is -0.730. The van der Waals surface area contributed by atoms with Crippen LogP contribution in [0.1, 0.15) is 32.1 Å². The summed E-state index contributed by atoms with van der Waals surface area (Å²) in [4.78, 5) is 2.40. The molecule has 4 atom stereocenters. The van der Waals surface area contributed by atoms with E-state index in [0.29, 0.717) is 24.4 Å². The third kappa shape index (κ3) is 2.55. The van der Waals surface area contributed by atoms with Crippen LogP contribution in [-0.4, -0.2) is 42.8 Å². The predicted octanol–water partition coefficient (Wildman–Crippen LogP) is 2.12. The largest absolute Gasteiger partial charge is 0.311 e. The zero-order valence-corrected chi connectivity index (χ0v) is 10.6. The fourth-order valence-corrected chi connectivity index (χ4v) is 3.41. The van der Waals surface area contributed by atoms with Crippen LogP contribution in [0.25, 0.3) is 0 Å².